The van der Waals surface area contributed by atoms with E-state index in [2.05, 4.69) is 5.16 Å². The Morgan fingerprint density at radius 2 is 2.17 bits per heavy atom. The maximum atomic E-state index is 12.0. The number of hydrogen-bond donors (Lipinski definition) is 1. The number of carbonyl (C=O) groups excluding carboxylic acids is 1. The molecule has 1 aliphatic heterocycles. The highest BCUT2D eigenvalue weighted by Crippen LogP contribution is 2.40. The second-order valence-corrected chi connectivity index (χ2v) is 5.06. The molecule has 6 nitrogen and oxygen atoms in total. The molecule has 0 bridgehead atoms. The molecule has 96 valence electrons. The van der Waals surface area contributed by atoms with Gasteiger partial charge in [0.05, 0.1) is 6.42 Å². The van der Waals surface area contributed by atoms with E-state index < -0.39 is 5.97 Å². The van der Waals surface area contributed by atoms with E-state index in [0.717, 1.165) is 18.6 Å². The lowest BCUT2D eigenvalue weighted by Crippen LogP contribution is -2.50. The van der Waals surface area contributed by atoms with E-state index in [1.165, 1.54) is 0 Å². The summed E-state index contributed by atoms with van der Waals surface area (Å²) in [5.41, 5.74) is 0.339. The van der Waals surface area contributed by atoms with Crippen LogP contribution in [0.15, 0.2) is 10.6 Å². The number of carboxylic acid groups (broad SMARTS) is 1. The number of amides is 1. The highest BCUT2D eigenvalue weighted by molar-refractivity contribution is 5.92. The maximum absolute atomic E-state index is 12.0. The summed E-state index contributed by atoms with van der Waals surface area (Å²) in [4.78, 5) is 24.1. The molecule has 2 aliphatic rings. The standard InChI is InChI=1S/C12H14N2O4/c15-11(16)3-7-5-14(6-7)12(17)9-4-10(18-13-9)8-1-2-8/h4,7-8H,1-3,5-6H2,(H,15,16). The van der Waals surface area contributed by atoms with Gasteiger partial charge < -0.3 is 14.5 Å². The molecular formula is C12H14N2O4. The van der Waals surface area contributed by atoms with Crippen molar-refractivity contribution in [3.63, 3.8) is 0 Å². The Morgan fingerprint density at radius 3 is 2.78 bits per heavy atom. The zero-order valence-electron chi connectivity index (χ0n) is 9.83. The molecule has 6 heteroatoms. The average Bonchev–Trinajstić information content (AvgIpc) is 3.00. The van der Waals surface area contributed by atoms with Crippen LogP contribution in [0, 0.1) is 5.92 Å². The number of carbonyl (C=O) groups is 2. The fourth-order valence-corrected chi connectivity index (χ4v) is 2.22. The van der Waals surface area contributed by atoms with Crippen molar-refractivity contribution in [2.75, 3.05) is 13.1 Å². The fourth-order valence-electron chi connectivity index (χ4n) is 2.22. The molecule has 1 amide bonds. The molecule has 0 atom stereocenters. The third kappa shape index (κ3) is 2.10. The quantitative estimate of drug-likeness (QED) is 0.865. The third-order valence-electron chi connectivity index (χ3n) is 3.43. The normalized spacial score (nSPS) is 19.7. The first-order valence-electron chi connectivity index (χ1n) is 6.11. The molecule has 0 aromatic carbocycles. The summed E-state index contributed by atoms with van der Waals surface area (Å²) in [5.74, 6) is 0.328. The van der Waals surface area contributed by atoms with Gasteiger partial charge in [0.25, 0.3) is 5.91 Å². The van der Waals surface area contributed by atoms with Crippen LogP contribution in [0.4, 0.5) is 0 Å². The van der Waals surface area contributed by atoms with Gasteiger partial charge in [-0.05, 0) is 12.8 Å². The molecule has 3 rings (SSSR count). The van der Waals surface area contributed by atoms with Crippen LogP contribution in [0.1, 0.15) is 41.4 Å². The van der Waals surface area contributed by atoms with Gasteiger partial charge in [0.15, 0.2) is 5.69 Å². The number of likely N-dealkylation sites (tertiary alicyclic amines) is 1. The third-order valence-corrected chi connectivity index (χ3v) is 3.43. The lowest BCUT2D eigenvalue weighted by Gasteiger charge is -2.37. The van der Waals surface area contributed by atoms with Crippen molar-refractivity contribution in [3.8, 4) is 0 Å². The van der Waals surface area contributed by atoms with Crippen LogP contribution >= 0.6 is 0 Å². The van der Waals surface area contributed by atoms with Crippen LogP contribution in [-0.2, 0) is 4.79 Å². The Kier molecular flexibility index (Phi) is 2.57. The van der Waals surface area contributed by atoms with Gasteiger partial charge in [0.2, 0.25) is 0 Å². The topological polar surface area (TPSA) is 83.6 Å². The molecule has 18 heavy (non-hydrogen) atoms. The lowest BCUT2D eigenvalue weighted by atomic mass is 9.96. The SMILES string of the molecule is O=C(O)CC1CN(C(=O)c2cc(C3CC3)on2)C1. The van der Waals surface area contributed by atoms with E-state index >= 15 is 0 Å². The maximum Gasteiger partial charge on any atom is 0.303 e. The minimum absolute atomic E-state index is 0.0706. The zero-order valence-corrected chi connectivity index (χ0v) is 9.83. The largest absolute Gasteiger partial charge is 0.481 e. The summed E-state index contributed by atoms with van der Waals surface area (Å²) in [5, 5.41) is 12.4. The molecule has 2 heterocycles. The predicted octanol–water partition coefficient (Wildman–Crippen LogP) is 1.10. The Hall–Kier alpha value is -1.85. The molecule has 0 radical (unpaired) electrons. The molecular weight excluding hydrogens is 236 g/mol. The van der Waals surface area contributed by atoms with Gasteiger partial charge in [-0.2, -0.15) is 0 Å². The first kappa shape index (κ1) is 11.3. The highest BCUT2D eigenvalue weighted by Gasteiger charge is 2.35. The lowest BCUT2D eigenvalue weighted by molar-refractivity contribution is -0.139. The summed E-state index contributed by atoms with van der Waals surface area (Å²) < 4.78 is 5.13. The smallest absolute Gasteiger partial charge is 0.303 e. The second-order valence-electron chi connectivity index (χ2n) is 5.06. The Bertz CT molecular complexity index is 486. The zero-order chi connectivity index (χ0) is 12.7. The van der Waals surface area contributed by atoms with Crippen molar-refractivity contribution in [1.82, 2.24) is 10.1 Å². The summed E-state index contributed by atoms with van der Waals surface area (Å²) in [7, 11) is 0. The van der Waals surface area contributed by atoms with Gasteiger partial charge in [-0.25, -0.2) is 0 Å². The van der Waals surface area contributed by atoms with Crippen LogP contribution < -0.4 is 0 Å². The van der Waals surface area contributed by atoms with Gasteiger partial charge in [-0.3, -0.25) is 9.59 Å². The Balaban J connectivity index is 1.56. The van der Waals surface area contributed by atoms with Crippen LogP contribution in [0.2, 0.25) is 0 Å². The van der Waals surface area contributed by atoms with Crippen molar-refractivity contribution < 1.29 is 19.2 Å². The molecule has 1 saturated carbocycles. The molecule has 1 aliphatic carbocycles. The van der Waals surface area contributed by atoms with Gasteiger partial charge in [0.1, 0.15) is 5.76 Å². The van der Waals surface area contributed by atoms with Crippen LogP contribution in [0.5, 0.6) is 0 Å². The summed E-state index contributed by atoms with van der Waals surface area (Å²) in [6.07, 6.45) is 2.33. The van der Waals surface area contributed by atoms with Crippen molar-refractivity contribution in [2.45, 2.75) is 25.2 Å². The summed E-state index contributed by atoms with van der Waals surface area (Å²) >= 11 is 0. The van der Waals surface area contributed by atoms with E-state index in [0.29, 0.717) is 24.7 Å². The van der Waals surface area contributed by atoms with E-state index in [-0.39, 0.29) is 18.2 Å². The molecule has 0 unspecified atom stereocenters. The number of nitrogens with zero attached hydrogens (tertiary/aromatic N) is 2. The molecule has 1 aromatic rings. The van der Waals surface area contributed by atoms with Crippen molar-refractivity contribution in [2.24, 2.45) is 5.92 Å². The molecule has 0 spiro atoms. The fraction of sp³-hybridized carbons (Fsp3) is 0.583. The first-order chi connectivity index (χ1) is 8.63. The van der Waals surface area contributed by atoms with Gasteiger partial charge >= 0.3 is 5.97 Å². The van der Waals surface area contributed by atoms with Crippen LogP contribution in [0.3, 0.4) is 0 Å². The number of rotatable bonds is 4. The molecule has 2 fully saturated rings. The van der Waals surface area contributed by atoms with Gasteiger partial charge in [-0.1, -0.05) is 5.16 Å². The number of hydrogen-bond acceptors (Lipinski definition) is 4. The van der Waals surface area contributed by atoms with Crippen LogP contribution in [-0.4, -0.2) is 40.1 Å². The van der Waals surface area contributed by atoms with Crippen molar-refractivity contribution in [3.05, 3.63) is 17.5 Å². The highest BCUT2D eigenvalue weighted by atomic mass is 16.5. The predicted molar refractivity (Wildman–Crippen MR) is 60.1 cm³/mol. The molecule has 1 aromatic heterocycles. The van der Waals surface area contributed by atoms with E-state index in [4.69, 9.17) is 9.63 Å². The van der Waals surface area contributed by atoms with Crippen molar-refractivity contribution in [1.29, 1.82) is 0 Å². The van der Waals surface area contributed by atoms with Gasteiger partial charge in [0, 0.05) is 31.0 Å². The summed E-state index contributed by atoms with van der Waals surface area (Å²) in [6, 6.07) is 1.71. The molecule has 1 N–H and O–H groups in total. The minimum Gasteiger partial charge on any atom is -0.481 e. The Morgan fingerprint density at radius 1 is 1.44 bits per heavy atom. The van der Waals surface area contributed by atoms with E-state index in [9.17, 15) is 9.59 Å². The number of carboxylic acids is 1. The van der Waals surface area contributed by atoms with Crippen molar-refractivity contribution >= 4 is 11.9 Å². The second kappa shape index (κ2) is 4.12. The minimum atomic E-state index is -0.815. The molecule has 1 saturated heterocycles. The number of aromatic nitrogens is 1. The first-order valence-corrected chi connectivity index (χ1v) is 6.11. The van der Waals surface area contributed by atoms with E-state index in [1.54, 1.807) is 11.0 Å². The van der Waals surface area contributed by atoms with Crippen LogP contribution in [0.25, 0.3) is 0 Å². The summed E-state index contributed by atoms with van der Waals surface area (Å²) in [6.45, 7) is 0.994. The average molecular weight is 250 g/mol. The van der Waals surface area contributed by atoms with E-state index in [1.807, 2.05) is 0 Å². The monoisotopic (exact) mass is 250 g/mol. The number of aliphatic carboxylic acids is 1. The van der Waals surface area contributed by atoms with Gasteiger partial charge in [-0.15, -0.1) is 0 Å². The Labute approximate surface area is 104 Å².